The summed E-state index contributed by atoms with van der Waals surface area (Å²) in [7, 11) is 3.23. The fraction of sp³-hybridized carbons (Fsp3) is 0.556. The van der Waals surface area contributed by atoms with Crippen molar-refractivity contribution in [3.63, 3.8) is 0 Å². The predicted octanol–water partition coefficient (Wildman–Crippen LogP) is 0.524. The van der Waals surface area contributed by atoms with E-state index in [0.717, 1.165) is 5.56 Å². The number of nitrogens with one attached hydrogen (secondary N) is 1. The number of benzene rings is 1. The second-order valence-electron chi connectivity index (χ2n) is 6.03. The molecule has 1 saturated heterocycles. The van der Waals surface area contributed by atoms with Gasteiger partial charge >= 0.3 is 0 Å². The van der Waals surface area contributed by atoms with Crippen molar-refractivity contribution in [3.05, 3.63) is 29.3 Å². The average molecular weight is 349 g/mol. The summed E-state index contributed by atoms with van der Waals surface area (Å²) >= 11 is 0. The van der Waals surface area contributed by atoms with Gasteiger partial charge in [-0.25, -0.2) is 0 Å². The van der Waals surface area contributed by atoms with E-state index in [-0.39, 0.29) is 11.8 Å². The van der Waals surface area contributed by atoms with Crippen LogP contribution in [0.15, 0.2) is 18.2 Å². The van der Waals surface area contributed by atoms with Crippen molar-refractivity contribution in [3.8, 4) is 5.75 Å². The molecule has 1 N–H and O–H groups in total. The third-order valence-corrected chi connectivity index (χ3v) is 4.33. The zero-order chi connectivity index (χ0) is 18.2. The van der Waals surface area contributed by atoms with Gasteiger partial charge < -0.3 is 24.6 Å². The second-order valence-corrected chi connectivity index (χ2v) is 6.03. The molecule has 1 aliphatic rings. The molecule has 0 bridgehead atoms. The van der Waals surface area contributed by atoms with Crippen LogP contribution in [-0.4, -0.2) is 81.7 Å². The summed E-state index contributed by atoms with van der Waals surface area (Å²) in [5.41, 5.74) is 1.61. The zero-order valence-corrected chi connectivity index (χ0v) is 15.2. The first-order valence-electron chi connectivity index (χ1n) is 8.48. The average Bonchev–Trinajstić information content (AvgIpc) is 2.65. The fourth-order valence-electron chi connectivity index (χ4n) is 2.78. The molecule has 0 aliphatic carbocycles. The predicted molar refractivity (Wildman–Crippen MR) is 95.0 cm³/mol. The molecule has 2 rings (SSSR count). The minimum absolute atomic E-state index is 0.0244. The standard InChI is InChI=1S/C18H27N3O4/c1-14-4-5-15(12-16(14)25-3)18(23)21-9-7-20(8-10-21)17(22)13-19-6-11-24-2/h4-5,12,19H,6-11,13H2,1-3H3. The number of nitrogens with zero attached hydrogens (tertiary/aromatic N) is 2. The topological polar surface area (TPSA) is 71.1 Å². The van der Waals surface area contributed by atoms with Crippen LogP contribution in [0.4, 0.5) is 0 Å². The number of hydrogen-bond donors (Lipinski definition) is 1. The van der Waals surface area contributed by atoms with Crippen molar-refractivity contribution in [1.82, 2.24) is 15.1 Å². The largest absolute Gasteiger partial charge is 0.496 e. The zero-order valence-electron chi connectivity index (χ0n) is 15.2. The van der Waals surface area contributed by atoms with Crippen LogP contribution >= 0.6 is 0 Å². The first kappa shape index (κ1) is 19.2. The summed E-state index contributed by atoms with van der Waals surface area (Å²) in [4.78, 5) is 28.3. The third-order valence-electron chi connectivity index (χ3n) is 4.33. The maximum Gasteiger partial charge on any atom is 0.254 e. The van der Waals surface area contributed by atoms with Crippen molar-refractivity contribution < 1.29 is 19.1 Å². The SMILES string of the molecule is COCCNCC(=O)N1CCN(C(=O)c2ccc(C)c(OC)c2)CC1. The highest BCUT2D eigenvalue weighted by atomic mass is 16.5. The highest BCUT2D eigenvalue weighted by Gasteiger charge is 2.24. The Morgan fingerprint density at radius 1 is 1.12 bits per heavy atom. The Labute approximate surface area is 148 Å². The second kappa shape index (κ2) is 9.39. The van der Waals surface area contributed by atoms with Crippen LogP contribution in [0.1, 0.15) is 15.9 Å². The monoisotopic (exact) mass is 349 g/mol. The number of methoxy groups -OCH3 is 2. The van der Waals surface area contributed by atoms with Gasteiger partial charge in [0.25, 0.3) is 5.91 Å². The molecule has 0 atom stereocenters. The molecular weight excluding hydrogens is 322 g/mol. The smallest absolute Gasteiger partial charge is 0.254 e. The van der Waals surface area contributed by atoms with Crippen molar-refractivity contribution in [2.45, 2.75) is 6.92 Å². The Morgan fingerprint density at radius 3 is 2.44 bits per heavy atom. The normalized spacial score (nSPS) is 14.5. The molecule has 0 aromatic heterocycles. The Morgan fingerprint density at radius 2 is 1.80 bits per heavy atom. The van der Waals surface area contributed by atoms with E-state index in [4.69, 9.17) is 9.47 Å². The summed E-state index contributed by atoms with van der Waals surface area (Å²) in [6, 6.07) is 5.48. The molecule has 0 radical (unpaired) electrons. The lowest BCUT2D eigenvalue weighted by Crippen LogP contribution is -2.52. The molecule has 0 spiro atoms. The van der Waals surface area contributed by atoms with Gasteiger partial charge in [-0.05, 0) is 24.6 Å². The Hall–Kier alpha value is -2.12. The molecule has 138 valence electrons. The molecule has 7 heteroatoms. The minimum atomic E-state index is -0.0244. The summed E-state index contributed by atoms with van der Waals surface area (Å²) in [5, 5.41) is 3.05. The van der Waals surface area contributed by atoms with Gasteiger partial charge in [0.15, 0.2) is 0 Å². The number of piperazine rings is 1. The highest BCUT2D eigenvalue weighted by Crippen LogP contribution is 2.20. The van der Waals surface area contributed by atoms with E-state index in [1.165, 1.54) is 0 Å². The number of carbonyl (C=O) groups excluding carboxylic acids is 2. The molecule has 1 aromatic rings. The first-order chi connectivity index (χ1) is 12.1. The Balaban J connectivity index is 1.85. The fourth-order valence-corrected chi connectivity index (χ4v) is 2.78. The van der Waals surface area contributed by atoms with Crippen molar-refractivity contribution in [2.24, 2.45) is 0 Å². The summed E-state index contributed by atoms with van der Waals surface area (Å²) in [6.07, 6.45) is 0. The molecule has 1 fully saturated rings. The van der Waals surface area contributed by atoms with Crippen molar-refractivity contribution in [2.75, 3.05) is 60.1 Å². The van der Waals surface area contributed by atoms with Crippen LogP contribution < -0.4 is 10.1 Å². The van der Waals surface area contributed by atoms with Crippen LogP contribution in [0.2, 0.25) is 0 Å². The molecule has 0 unspecified atom stereocenters. The summed E-state index contributed by atoms with van der Waals surface area (Å²) in [5.74, 6) is 0.741. The maximum atomic E-state index is 12.6. The van der Waals surface area contributed by atoms with Gasteiger partial charge in [-0.3, -0.25) is 9.59 Å². The minimum Gasteiger partial charge on any atom is -0.496 e. The van der Waals surface area contributed by atoms with Crippen molar-refractivity contribution in [1.29, 1.82) is 0 Å². The van der Waals surface area contributed by atoms with Crippen LogP contribution in [0, 0.1) is 6.92 Å². The molecule has 1 aromatic carbocycles. The van der Waals surface area contributed by atoms with Crippen LogP contribution in [0.5, 0.6) is 5.75 Å². The van der Waals surface area contributed by atoms with Gasteiger partial charge in [0.05, 0.1) is 20.3 Å². The van der Waals surface area contributed by atoms with E-state index < -0.39 is 0 Å². The van der Waals surface area contributed by atoms with Crippen molar-refractivity contribution >= 4 is 11.8 Å². The van der Waals surface area contributed by atoms with E-state index in [1.54, 1.807) is 30.1 Å². The lowest BCUT2D eigenvalue weighted by Gasteiger charge is -2.35. The van der Waals surface area contributed by atoms with E-state index in [2.05, 4.69) is 5.32 Å². The summed E-state index contributed by atoms with van der Waals surface area (Å²) in [6.45, 7) is 5.66. The Bertz CT molecular complexity index is 598. The number of rotatable bonds is 7. The Kier molecular flexibility index (Phi) is 7.21. The first-order valence-corrected chi connectivity index (χ1v) is 8.48. The number of hydrogen-bond acceptors (Lipinski definition) is 5. The molecular formula is C18H27N3O4. The van der Waals surface area contributed by atoms with Crippen LogP contribution in [-0.2, 0) is 9.53 Å². The highest BCUT2D eigenvalue weighted by molar-refractivity contribution is 5.95. The van der Waals surface area contributed by atoms with Gasteiger partial charge in [-0.2, -0.15) is 0 Å². The van der Waals surface area contributed by atoms with Gasteiger partial charge in [0.2, 0.25) is 5.91 Å². The number of ether oxygens (including phenoxy) is 2. The molecule has 1 heterocycles. The quantitative estimate of drug-likeness (QED) is 0.727. The van der Waals surface area contributed by atoms with Gasteiger partial charge in [-0.15, -0.1) is 0 Å². The summed E-state index contributed by atoms with van der Waals surface area (Å²) < 4.78 is 10.2. The molecule has 0 saturated carbocycles. The number of aryl methyl sites for hydroxylation is 1. The van der Waals surface area contributed by atoms with Gasteiger partial charge in [0.1, 0.15) is 5.75 Å². The van der Waals surface area contributed by atoms with E-state index >= 15 is 0 Å². The lowest BCUT2D eigenvalue weighted by atomic mass is 10.1. The lowest BCUT2D eigenvalue weighted by molar-refractivity contribution is -0.131. The van der Waals surface area contributed by atoms with Gasteiger partial charge in [-0.1, -0.05) is 6.07 Å². The van der Waals surface area contributed by atoms with Crippen LogP contribution in [0.25, 0.3) is 0 Å². The van der Waals surface area contributed by atoms with Gasteiger partial charge in [0, 0.05) is 45.4 Å². The molecule has 25 heavy (non-hydrogen) atoms. The third kappa shape index (κ3) is 5.17. The molecule has 2 amide bonds. The molecule has 7 nitrogen and oxygen atoms in total. The number of carbonyl (C=O) groups is 2. The molecule has 1 aliphatic heterocycles. The van der Waals surface area contributed by atoms with E-state index in [0.29, 0.717) is 57.2 Å². The van der Waals surface area contributed by atoms with E-state index in [1.807, 2.05) is 19.1 Å². The van der Waals surface area contributed by atoms with E-state index in [9.17, 15) is 9.59 Å². The van der Waals surface area contributed by atoms with Crippen LogP contribution in [0.3, 0.4) is 0 Å². The maximum absolute atomic E-state index is 12.6. The number of amides is 2.